The zero-order valence-electron chi connectivity index (χ0n) is 11.6. The van der Waals surface area contributed by atoms with Crippen molar-refractivity contribution >= 4 is 11.6 Å². The van der Waals surface area contributed by atoms with Crippen molar-refractivity contribution in [2.75, 3.05) is 6.61 Å². The number of halogens is 2. The van der Waals surface area contributed by atoms with Crippen LogP contribution in [0.5, 0.6) is 5.75 Å². The second kappa shape index (κ2) is 6.04. The Balaban J connectivity index is 1.73. The fourth-order valence-electron chi connectivity index (χ4n) is 2.78. The van der Waals surface area contributed by atoms with Crippen LogP contribution < -0.4 is 10.5 Å². The third-order valence-corrected chi connectivity index (χ3v) is 3.94. The second-order valence-electron chi connectivity index (χ2n) is 5.45. The molecule has 0 saturated heterocycles. The molecule has 0 bridgehead atoms. The molecule has 2 aromatic rings. The third-order valence-electron chi connectivity index (χ3n) is 3.72. The highest BCUT2D eigenvalue weighted by Gasteiger charge is 2.19. The van der Waals surface area contributed by atoms with Gasteiger partial charge < -0.3 is 10.5 Å². The number of benzene rings is 2. The number of ether oxygens (including phenoxy) is 1. The Kier molecular flexibility index (Phi) is 4.13. The van der Waals surface area contributed by atoms with Gasteiger partial charge in [-0.2, -0.15) is 0 Å². The van der Waals surface area contributed by atoms with E-state index in [1.54, 1.807) is 12.1 Å². The summed E-state index contributed by atoms with van der Waals surface area (Å²) in [6, 6.07) is 10.3. The van der Waals surface area contributed by atoms with Crippen molar-refractivity contribution in [3.8, 4) is 5.75 Å². The van der Waals surface area contributed by atoms with Gasteiger partial charge in [0.1, 0.15) is 11.6 Å². The molecule has 0 spiro atoms. The number of hydrogen-bond acceptors (Lipinski definition) is 2. The van der Waals surface area contributed by atoms with Crippen LogP contribution in [0.1, 0.15) is 16.7 Å². The maximum atomic E-state index is 12.9. The first kappa shape index (κ1) is 14.4. The Morgan fingerprint density at radius 3 is 2.71 bits per heavy atom. The smallest absolute Gasteiger partial charge is 0.125 e. The van der Waals surface area contributed by atoms with Crippen LogP contribution in [-0.2, 0) is 19.3 Å². The summed E-state index contributed by atoms with van der Waals surface area (Å²) in [5.74, 6) is 0.710. The molecule has 0 aliphatic carbocycles. The highest BCUT2D eigenvalue weighted by Crippen LogP contribution is 2.33. The molecule has 4 heteroatoms. The van der Waals surface area contributed by atoms with Crippen LogP contribution in [0, 0.1) is 5.82 Å². The molecule has 1 aliphatic heterocycles. The lowest BCUT2D eigenvalue weighted by atomic mass is 9.97. The summed E-state index contributed by atoms with van der Waals surface area (Å²) in [7, 11) is 0. The first-order valence-corrected chi connectivity index (χ1v) is 7.44. The van der Waals surface area contributed by atoms with E-state index in [4.69, 9.17) is 22.1 Å². The van der Waals surface area contributed by atoms with Gasteiger partial charge >= 0.3 is 0 Å². The molecule has 3 rings (SSSR count). The van der Waals surface area contributed by atoms with Crippen LogP contribution in [0.2, 0.25) is 5.02 Å². The lowest BCUT2D eigenvalue weighted by molar-refractivity contribution is 0.352. The quantitative estimate of drug-likeness (QED) is 0.938. The van der Waals surface area contributed by atoms with E-state index in [2.05, 4.69) is 0 Å². The fraction of sp³-hybridized carbons (Fsp3) is 0.294. The van der Waals surface area contributed by atoms with E-state index in [9.17, 15) is 4.39 Å². The van der Waals surface area contributed by atoms with Crippen molar-refractivity contribution in [1.82, 2.24) is 0 Å². The molecule has 1 atom stereocenters. The molecule has 2 aromatic carbocycles. The van der Waals surface area contributed by atoms with Crippen LogP contribution in [-0.4, -0.2) is 12.6 Å². The standard InChI is InChI=1S/C17H17ClFNO/c18-14-8-12-5-6-21-17(12)13(9-14)10-16(20)7-11-1-3-15(19)4-2-11/h1-4,8-9,16H,5-7,10,20H2. The van der Waals surface area contributed by atoms with Gasteiger partial charge in [0, 0.05) is 17.5 Å². The van der Waals surface area contributed by atoms with Crippen molar-refractivity contribution in [3.63, 3.8) is 0 Å². The minimum absolute atomic E-state index is 0.0535. The lowest BCUT2D eigenvalue weighted by Gasteiger charge is -2.15. The molecule has 2 N–H and O–H groups in total. The van der Waals surface area contributed by atoms with Gasteiger partial charge in [-0.25, -0.2) is 4.39 Å². The van der Waals surface area contributed by atoms with Crippen LogP contribution in [0.15, 0.2) is 36.4 Å². The van der Waals surface area contributed by atoms with Crippen molar-refractivity contribution in [2.45, 2.75) is 25.3 Å². The van der Waals surface area contributed by atoms with E-state index < -0.39 is 0 Å². The van der Waals surface area contributed by atoms with Crippen molar-refractivity contribution < 1.29 is 9.13 Å². The van der Waals surface area contributed by atoms with E-state index >= 15 is 0 Å². The lowest BCUT2D eigenvalue weighted by Crippen LogP contribution is -2.25. The van der Waals surface area contributed by atoms with E-state index in [1.165, 1.54) is 12.1 Å². The predicted molar refractivity (Wildman–Crippen MR) is 82.4 cm³/mol. The minimum Gasteiger partial charge on any atom is -0.493 e. The summed E-state index contributed by atoms with van der Waals surface area (Å²) in [5, 5.41) is 0.725. The molecule has 1 unspecified atom stereocenters. The molecule has 0 radical (unpaired) electrons. The van der Waals surface area contributed by atoms with Gasteiger partial charge in [0.2, 0.25) is 0 Å². The third kappa shape index (κ3) is 3.36. The molecule has 0 aromatic heterocycles. The zero-order valence-corrected chi connectivity index (χ0v) is 12.4. The monoisotopic (exact) mass is 305 g/mol. The Morgan fingerprint density at radius 1 is 1.19 bits per heavy atom. The zero-order chi connectivity index (χ0) is 14.8. The highest BCUT2D eigenvalue weighted by atomic mass is 35.5. The molecule has 0 amide bonds. The first-order valence-electron chi connectivity index (χ1n) is 7.06. The molecule has 1 aliphatic rings. The maximum absolute atomic E-state index is 12.9. The Morgan fingerprint density at radius 2 is 1.95 bits per heavy atom. The van der Waals surface area contributed by atoms with E-state index in [-0.39, 0.29) is 11.9 Å². The number of nitrogens with two attached hydrogens (primary N) is 1. The fourth-order valence-corrected chi connectivity index (χ4v) is 3.04. The van der Waals surface area contributed by atoms with Gasteiger partial charge in [0.25, 0.3) is 0 Å². The predicted octanol–water partition coefficient (Wildman–Crippen LogP) is 3.53. The van der Waals surface area contributed by atoms with Crippen LogP contribution in [0.3, 0.4) is 0 Å². The average Bonchev–Trinajstić information content (AvgIpc) is 2.89. The molecular formula is C17H17ClFNO. The molecule has 0 fully saturated rings. The topological polar surface area (TPSA) is 35.2 Å². The number of rotatable bonds is 4. The van der Waals surface area contributed by atoms with Crippen LogP contribution in [0.25, 0.3) is 0 Å². The molecule has 2 nitrogen and oxygen atoms in total. The van der Waals surface area contributed by atoms with Crippen molar-refractivity contribution in [2.24, 2.45) is 5.73 Å². The largest absolute Gasteiger partial charge is 0.493 e. The normalized spacial score (nSPS) is 14.6. The van der Waals surface area contributed by atoms with Crippen LogP contribution >= 0.6 is 11.6 Å². The van der Waals surface area contributed by atoms with E-state index in [0.717, 1.165) is 33.9 Å². The van der Waals surface area contributed by atoms with Gasteiger partial charge in [0.15, 0.2) is 0 Å². The first-order chi connectivity index (χ1) is 10.1. The van der Waals surface area contributed by atoms with Gasteiger partial charge in [-0.15, -0.1) is 0 Å². The van der Waals surface area contributed by atoms with Gasteiger partial charge in [-0.3, -0.25) is 0 Å². The van der Waals surface area contributed by atoms with E-state index in [0.29, 0.717) is 19.4 Å². The van der Waals surface area contributed by atoms with Crippen molar-refractivity contribution in [1.29, 1.82) is 0 Å². The molecule has 0 saturated carbocycles. The van der Waals surface area contributed by atoms with Crippen LogP contribution in [0.4, 0.5) is 4.39 Å². The summed E-state index contributed by atoms with van der Waals surface area (Å²) in [6.07, 6.45) is 2.29. The summed E-state index contributed by atoms with van der Waals surface area (Å²) >= 11 is 6.15. The summed E-state index contributed by atoms with van der Waals surface area (Å²) < 4.78 is 18.6. The van der Waals surface area contributed by atoms with Crippen molar-refractivity contribution in [3.05, 3.63) is 63.9 Å². The molecule has 1 heterocycles. The summed E-state index contributed by atoms with van der Waals surface area (Å²) in [4.78, 5) is 0. The Hall–Kier alpha value is -1.58. The Labute approximate surface area is 128 Å². The maximum Gasteiger partial charge on any atom is 0.125 e. The average molecular weight is 306 g/mol. The summed E-state index contributed by atoms with van der Waals surface area (Å²) in [5.41, 5.74) is 9.48. The molecule has 110 valence electrons. The van der Waals surface area contributed by atoms with E-state index in [1.807, 2.05) is 12.1 Å². The second-order valence-corrected chi connectivity index (χ2v) is 5.88. The number of hydrogen-bond donors (Lipinski definition) is 1. The highest BCUT2D eigenvalue weighted by molar-refractivity contribution is 6.30. The van der Waals surface area contributed by atoms with Gasteiger partial charge in [-0.05, 0) is 53.8 Å². The Bertz CT molecular complexity index is 642. The number of fused-ring (bicyclic) bond motifs is 1. The molecular weight excluding hydrogens is 289 g/mol. The SMILES string of the molecule is NC(Cc1ccc(F)cc1)Cc1cc(Cl)cc2c1OCC2. The van der Waals surface area contributed by atoms with Gasteiger partial charge in [0.05, 0.1) is 6.61 Å². The summed E-state index contributed by atoms with van der Waals surface area (Å²) in [6.45, 7) is 0.704. The van der Waals surface area contributed by atoms with Gasteiger partial charge in [-0.1, -0.05) is 23.7 Å². The molecule has 21 heavy (non-hydrogen) atoms. The minimum atomic E-state index is -0.228.